The number of thiophene rings is 1. The van der Waals surface area contributed by atoms with Crippen molar-refractivity contribution in [2.45, 2.75) is 38.4 Å². The molecule has 2 aliphatic rings. The lowest BCUT2D eigenvalue weighted by molar-refractivity contribution is -0.128. The van der Waals surface area contributed by atoms with E-state index in [0.29, 0.717) is 6.54 Å². The van der Waals surface area contributed by atoms with Crippen LogP contribution in [0, 0.1) is 12.8 Å². The van der Waals surface area contributed by atoms with Crippen LogP contribution in [0.25, 0.3) is 0 Å². The molecule has 0 unspecified atom stereocenters. The van der Waals surface area contributed by atoms with Gasteiger partial charge in [0, 0.05) is 41.6 Å². The van der Waals surface area contributed by atoms with Crippen molar-refractivity contribution in [3.05, 3.63) is 80.3 Å². The number of aryl methyl sites for hydroxylation is 1. The first-order valence-corrected chi connectivity index (χ1v) is 11.2. The molecule has 5 rings (SSSR count). The average molecular weight is 424 g/mol. The number of carbonyl (C=O) groups is 1. The molecule has 1 amide bonds. The van der Waals surface area contributed by atoms with Gasteiger partial charge in [-0.3, -0.25) is 19.1 Å². The summed E-state index contributed by atoms with van der Waals surface area (Å²) < 4.78 is 7.29. The Balaban J connectivity index is 1.43. The third-order valence-corrected chi connectivity index (χ3v) is 7.37. The number of carbonyl (C=O) groups excluding carboxylic acids is 1. The van der Waals surface area contributed by atoms with Crippen LogP contribution in [0.2, 0.25) is 0 Å². The Bertz CT molecular complexity index is 1100. The lowest BCUT2D eigenvalue weighted by Crippen LogP contribution is -2.53. The van der Waals surface area contributed by atoms with Gasteiger partial charge in [-0.2, -0.15) is 0 Å². The predicted molar refractivity (Wildman–Crippen MR) is 115 cm³/mol. The smallest absolute Gasteiger partial charge is 0.251 e. The van der Waals surface area contributed by atoms with Crippen LogP contribution in [0.5, 0.6) is 0 Å². The van der Waals surface area contributed by atoms with Crippen molar-refractivity contribution >= 4 is 17.2 Å². The Morgan fingerprint density at radius 3 is 2.90 bits per heavy atom. The summed E-state index contributed by atoms with van der Waals surface area (Å²) in [5, 5.41) is 5.14. The molecular formula is C23H25N3O3S. The van der Waals surface area contributed by atoms with Crippen LogP contribution in [0.1, 0.15) is 40.3 Å². The molecule has 2 aliphatic heterocycles. The number of aromatic nitrogens is 1. The molecule has 1 saturated heterocycles. The molecule has 1 N–H and O–H groups in total. The van der Waals surface area contributed by atoms with E-state index in [1.807, 2.05) is 29.6 Å². The molecule has 0 aliphatic carbocycles. The van der Waals surface area contributed by atoms with Crippen LogP contribution in [0.15, 0.2) is 57.3 Å². The second-order valence-corrected chi connectivity index (χ2v) is 9.32. The second-order valence-electron chi connectivity index (χ2n) is 8.31. The van der Waals surface area contributed by atoms with E-state index < -0.39 is 6.04 Å². The number of nitrogens with one attached hydrogen (secondary N) is 1. The van der Waals surface area contributed by atoms with Crippen molar-refractivity contribution in [1.82, 2.24) is 14.8 Å². The Morgan fingerprint density at radius 2 is 2.13 bits per heavy atom. The third kappa shape index (κ3) is 3.52. The SMILES string of the molecule is Cc1ccsc1CNC(=O)[C@H]1[C@H]2C[C@H](CN(Cc3ccco3)C2)c2cccc(=O)n21. The number of amides is 1. The van der Waals surface area contributed by atoms with Crippen LogP contribution >= 0.6 is 11.3 Å². The highest BCUT2D eigenvalue weighted by Crippen LogP contribution is 2.41. The summed E-state index contributed by atoms with van der Waals surface area (Å²) in [6.07, 6.45) is 2.62. The highest BCUT2D eigenvalue weighted by molar-refractivity contribution is 7.10. The maximum absolute atomic E-state index is 13.3. The largest absolute Gasteiger partial charge is 0.468 e. The molecule has 7 heteroatoms. The normalized spacial score (nSPS) is 23.2. The fourth-order valence-electron chi connectivity index (χ4n) is 4.97. The summed E-state index contributed by atoms with van der Waals surface area (Å²) in [4.78, 5) is 29.6. The molecule has 0 radical (unpaired) electrons. The molecule has 3 aromatic heterocycles. The Morgan fingerprint density at radius 1 is 1.23 bits per heavy atom. The molecule has 6 nitrogen and oxygen atoms in total. The molecular weight excluding hydrogens is 398 g/mol. The van der Waals surface area contributed by atoms with E-state index in [0.717, 1.165) is 42.4 Å². The molecule has 2 bridgehead atoms. The van der Waals surface area contributed by atoms with E-state index in [2.05, 4.69) is 23.2 Å². The van der Waals surface area contributed by atoms with Gasteiger partial charge in [-0.05, 0) is 48.6 Å². The number of nitrogens with zero attached hydrogens (tertiary/aromatic N) is 2. The standard InChI is InChI=1S/C23H25N3O3S/c1-15-7-9-30-20(15)11-24-23(28)22-17-10-16(19-5-2-6-21(27)26(19)22)12-25(13-17)14-18-4-3-8-29-18/h2-9,16-17,22H,10-14H2,1H3,(H,24,28)/t16-,17+,22-/m1/s1. The number of hydrogen-bond acceptors (Lipinski definition) is 5. The highest BCUT2D eigenvalue weighted by Gasteiger charge is 2.43. The van der Waals surface area contributed by atoms with Gasteiger partial charge in [0.05, 0.1) is 19.4 Å². The molecule has 0 saturated carbocycles. The monoisotopic (exact) mass is 423 g/mol. The first-order chi connectivity index (χ1) is 14.6. The molecule has 0 aromatic carbocycles. The lowest BCUT2D eigenvalue weighted by atomic mass is 9.78. The van der Waals surface area contributed by atoms with Gasteiger partial charge in [-0.1, -0.05) is 6.07 Å². The lowest BCUT2D eigenvalue weighted by Gasteiger charge is -2.46. The molecule has 156 valence electrons. The van der Waals surface area contributed by atoms with Gasteiger partial charge in [0.1, 0.15) is 11.8 Å². The molecule has 3 aromatic rings. The van der Waals surface area contributed by atoms with Crippen LogP contribution in [-0.2, 0) is 17.9 Å². The minimum Gasteiger partial charge on any atom is -0.468 e. The number of likely N-dealkylation sites (tertiary alicyclic amines) is 1. The summed E-state index contributed by atoms with van der Waals surface area (Å²) in [5.41, 5.74) is 2.06. The van der Waals surface area contributed by atoms with Gasteiger partial charge in [-0.25, -0.2) is 0 Å². The van der Waals surface area contributed by atoms with E-state index in [4.69, 9.17) is 4.42 Å². The Kier molecular flexibility index (Phi) is 5.08. The van der Waals surface area contributed by atoms with Crippen molar-refractivity contribution in [2.75, 3.05) is 13.1 Å². The fraction of sp³-hybridized carbons (Fsp3) is 0.391. The number of rotatable bonds is 5. The molecule has 30 heavy (non-hydrogen) atoms. The first-order valence-electron chi connectivity index (χ1n) is 10.4. The average Bonchev–Trinajstić information content (AvgIpc) is 3.39. The topological polar surface area (TPSA) is 67.5 Å². The van der Waals surface area contributed by atoms with Crippen LogP contribution in [0.4, 0.5) is 0 Å². The van der Waals surface area contributed by atoms with E-state index in [-0.39, 0.29) is 23.3 Å². The van der Waals surface area contributed by atoms with Crippen LogP contribution in [0.3, 0.4) is 0 Å². The van der Waals surface area contributed by atoms with Crippen molar-refractivity contribution in [3.8, 4) is 0 Å². The zero-order valence-corrected chi connectivity index (χ0v) is 17.7. The van der Waals surface area contributed by atoms with Crippen LogP contribution in [-0.4, -0.2) is 28.5 Å². The predicted octanol–water partition coefficient (Wildman–Crippen LogP) is 3.29. The van der Waals surface area contributed by atoms with Crippen molar-refractivity contribution in [1.29, 1.82) is 0 Å². The maximum atomic E-state index is 13.3. The van der Waals surface area contributed by atoms with Crippen LogP contribution < -0.4 is 10.9 Å². The highest BCUT2D eigenvalue weighted by atomic mass is 32.1. The van der Waals surface area contributed by atoms with Gasteiger partial charge in [0.25, 0.3) is 5.56 Å². The Hall–Kier alpha value is -2.64. The zero-order chi connectivity index (χ0) is 20.7. The van der Waals surface area contributed by atoms with Crippen molar-refractivity contribution in [3.63, 3.8) is 0 Å². The van der Waals surface area contributed by atoms with Gasteiger partial charge >= 0.3 is 0 Å². The molecule has 5 heterocycles. The second kappa shape index (κ2) is 7.89. The Labute approximate surface area is 179 Å². The van der Waals surface area contributed by atoms with Gasteiger partial charge in [-0.15, -0.1) is 11.3 Å². The van der Waals surface area contributed by atoms with Gasteiger partial charge in [0.15, 0.2) is 0 Å². The summed E-state index contributed by atoms with van der Waals surface area (Å²) in [6, 6.07) is 10.8. The van der Waals surface area contributed by atoms with E-state index in [9.17, 15) is 9.59 Å². The summed E-state index contributed by atoms with van der Waals surface area (Å²) >= 11 is 1.65. The number of fused-ring (bicyclic) bond motifs is 4. The van der Waals surface area contributed by atoms with E-state index >= 15 is 0 Å². The maximum Gasteiger partial charge on any atom is 0.251 e. The quantitative estimate of drug-likeness (QED) is 0.684. The number of pyridine rings is 1. The summed E-state index contributed by atoms with van der Waals surface area (Å²) in [7, 11) is 0. The van der Waals surface area contributed by atoms with Gasteiger partial charge < -0.3 is 9.73 Å². The summed E-state index contributed by atoms with van der Waals surface area (Å²) in [6.45, 7) is 4.91. The fourth-order valence-corrected chi connectivity index (χ4v) is 5.82. The van der Waals surface area contributed by atoms with Crippen molar-refractivity contribution < 1.29 is 9.21 Å². The molecule has 0 spiro atoms. The molecule has 3 atom stereocenters. The summed E-state index contributed by atoms with van der Waals surface area (Å²) in [5.74, 6) is 1.20. The molecule has 1 fully saturated rings. The zero-order valence-electron chi connectivity index (χ0n) is 16.9. The van der Waals surface area contributed by atoms with E-state index in [1.165, 1.54) is 5.56 Å². The number of furan rings is 1. The number of piperidine rings is 1. The third-order valence-electron chi connectivity index (χ3n) is 6.34. The minimum absolute atomic E-state index is 0.0688. The van der Waals surface area contributed by atoms with E-state index in [1.54, 1.807) is 28.2 Å². The van der Waals surface area contributed by atoms with Gasteiger partial charge in [0.2, 0.25) is 5.91 Å². The van der Waals surface area contributed by atoms with Crippen molar-refractivity contribution in [2.24, 2.45) is 5.92 Å². The number of hydrogen-bond donors (Lipinski definition) is 1. The first kappa shape index (κ1) is 19.3. The minimum atomic E-state index is -0.482.